The van der Waals surface area contributed by atoms with Gasteiger partial charge in [-0.25, -0.2) is 15.8 Å². The van der Waals surface area contributed by atoms with Crippen molar-refractivity contribution in [2.75, 3.05) is 17.3 Å². The van der Waals surface area contributed by atoms with Gasteiger partial charge in [0.15, 0.2) is 0 Å². The van der Waals surface area contributed by atoms with Gasteiger partial charge in [0.05, 0.1) is 0 Å². The van der Waals surface area contributed by atoms with E-state index in [1.807, 2.05) is 6.92 Å². The Hall–Kier alpha value is -1.36. The van der Waals surface area contributed by atoms with Crippen molar-refractivity contribution in [2.24, 2.45) is 17.7 Å². The van der Waals surface area contributed by atoms with Crippen molar-refractivity contribution in [3.63, 3.8) is 0 Å². The van der Waals surface area contributed by atoms with Crippen LogP contribution in [0.2, 0.25) is 0 Å². The lowest BCUT2D eigenvalue weighted by molar-refractivity contribution is 0.536. The molecule has 1 saturated carbocycles. The molecule has 4 N–H and O–H groups in total. The van der Waals surface area contributed by atoms with Gasteiger partial charge in [-0.3, -0.25) is 0 Å². The Bertz CT molecular complexity index is 379. The quantitative estimate of drug-likeness (QED) is 0.549. The van der Waals surface area contributed by atoms with Crippen LogP contribution in [0.15, 0.2) is 6.33 Å². The molecule has 94 valence electrons. The molecule has 0 aliphatic heterocycles. The highest BCUT2D eigenvalue weighted by molar-refractivity contribution is 5.55. The summed E-state index contributed by atoms with van der Waals surface area (Å²) in [6.07, 6.45) is 5.52. The Morgan fingerprint density at radius 2 is 2.12 bits per heavy atom. The second-order valence-corrected chi connectivity index (χ2v) is 5.01. The van der Waals surface area contributed by atoms with Crippen LogP contribution < -0.4 is 16.6 Å². The van der Waals surface area contributed by atoms with Crippen LogP contribution in [0, 0.1) is 18.8 Å². The summed E-state index contributed by atoms with van der Waals surface area (Å²) in [6.45, 7) is 5.29. The molecule has 5 heteroatoms. The standard InChI is InChI=1S/C12H21N5/c1-8-3-4-10(5-8)6-14-11-9(2)12(17-13)16-7-15-11/h7-8,10H,3-6,13H2,1-2H3,(H2,14,15,16,17). The zero-order valence-corrected chi connectivity index (χ0v) is 10.5. The Labute approximate surface area is 102 Å². The maximum atomic E-state index is 5.39. The predicted molar refractivity (Wildman–Crippen MR) is 69.6 cm³/mol. The van der Waals surface area contributed by atoms with Gasteiger partial charge >= 0.3 is 0 Å². The van der Waals surface area contributed by atoms with E-state index in [1.54, 1.807) is 0 Å². The van der Waals surface area contributed by atoms with Crippen molar-refractivity contribution in [3.05, 3.63) is 11.9 Å². The van der Waals surface area contributed by atoms with E-state index < -0.39 is 0 Å². The largest absolute Gasteiger partial charge is 0.369 e. The first-order valence-corrected chi connectivity index (χ1v) is 6.22. The molecule has 2 atom stereocenters. The minimum atomic E-state index is 0.683. The highest BCUT2D eigenvalue weighted by atomic mass is 15.3. The Balaban J connectivity index is 1.95. The van der Waals surface area contributed by atoms with Gasteiger partial charge < -0.3 is 10.7 Å². The van der Waals surface area contributed by atoms with Crippen LogP contribution in [0.4, 0.5) is 11.6 Å². The SMILES string of the molecule is Cc1c(NN)ncnc1NCC1CCC(C)C1. The van der Waals surface area contributed by atoms with Crippen molar-refractivity contribution in [1.29, 1.82) is 0 Å². The van der Waals surface area contributed by atoms with Crippen LogP contribution in [0.3, 0.4) is 0 Å². The first-order valence-electron chi connectivity index (χ1n) is 6.22. The lowest BCUT2D eigenvalue weighted by atomic mass is 10.1. The molecule has 1 aromatic heterocycles. The van der Waals surface area contributed by atoms with Crippen LogP contribution in [0.25, 0.3) is 0 Å². The maximum Gasteiger partial charge on any atom is 0.148 e. The van der Waals surface area contributed by atoms with Crippen molar-refractivity contribution in [2.45, 2.75) is 33.1 Å². The first-order chi connectivity index (χ1) is 8.20. The third-order valence-corrected chi connectivity index (χ3v) is 3.58. The van der Waals surface area contributed by atoms with Crippen LogP contribution in [-0.4, -0.2) is 16.5 Å². The van der Waals surface area contributed by atoms with Crippen molar-refractivity contribution in [3.8, 4) is 0 Å². The van der Waals surface area contributed by atoms with E-state index in [0.29, 0.717) is 5.82 Å². The molecule has 0 radical (unpaired) electrons. The normalized spacial score (nSPS) is 23.7. The number of hydrazine groups is 1. The molecule has 1 aromatic rings. The molecule has 0 aromatic carbocycles. The molecule has 0 saturated heterocycles. The summed E-state index contributed by atoms with van der Waals surface area (Å²) < 4.78 is 0. The molecule has 5 nitrogen and oxygen atoms in total. The third-order valence-electron chi connectivity index (χ3n) is 3.58. The van der Waals surface area contributed by atoms with Gasteiger partial charge in [-0.05, 0) is 31.6 Å². The lowest BCUT2D eigenvalue weighted by Gasteiger charge is -2.14. The monoisotopic (exact) mass is 235 g/mol. The number of aromatic nitrogens is 2. The fourth-order valence-electron chi connectivity index (χ4n) is 2.53. The fraction of sp³-hybridized carbons (Fsp3) is 0.667. The smallest absolute Gasteiger partial charge is 0.148 e. The molecule has 2 rings (SSSR count). The molecule has 1 heterocycles. The maximum absolute atomic E-state index is 5.39. The number of nitrogens with one attached hydrogen (secondary N) is 2. The summed E-state index contributed by atoms with van der Waals surface area (Å²) in [4.78, 5) is 8.31. The topological polar surface area (TPSA) is 75.9 Å². The molecule has 1 aliphatic rings. The molecule has 17 heavy (non-hydrogen) atoms. The molecule has 2 unspecified atom stereocenters. The van der Waals surface area contributed by atoms with Crippen LogP contribution >= 0.6 is 0 Å². The van der Waals surface area contributed by atoms with Gasteiger partial charge in [0.25, 0.3) is 0 Å². The molecule has 1 fully saturated rings. The van der Waals surface area contributed by atoms with Gasteiger partial charge in [-0.15, -0.1) is 0 Å². The number of rotatable bonds is 4. The van der Waals surface area contributed by atoms with Gasteiger partial charge in [0.2, 0.25) is 0 Å². The van der Waals surface area contributed by atoms with Crippen molar-refractivity contribution < 1.29 is 0 Å². The summed E-state index contributed by atoms with van der Waals surface area (Å²) in [6, 6.07) is 0. The second kappa shape index (κ2) is 5.31. The molecule has 0 spiro atoms. The Kier molecular flexibility index (Phi) is 3.78. The zero-order valence-electron chi connectivity index (χ0n) is 10.5. The highest BCUT2D eigenvalue weighted by Crippen LogP contribution is 2.30. The summed E-state index contributed by atoms with van der Waals surface area (Å²) in [7, 11) is 0. The number of nitrogens with zero attached hydrogens (tertiary/aromatic N) is 2. The van der Waals surface area contributed by atoms with Crippen LogP contribution in [0.1, 0.15) is 31.7 Å². The lowest BCUT2D eigenvalue weighted by Crippen LogP contribution is -2.16. The summed E-state index contributed by atoms with van der Waals surface area (Å²) in [5, 5.41) is 3.40. The van der Waals surface area contributed by atoms with E-state index >= 15 is 0 Å². The van der Waals surface area contributed by atoms with E-state index in [0.717, 1.165) is 29.8 Å². The van der Waals surface area contributed by atoms with Gasteiger partial charge in [-0.1, -0.05) is 13.3 Å². The van der Waals surface area contributed by atoms with E-state index in [9.17, 15) is 0 Å². The Morgan fingerprint density at radius 1 is 1.35 bits per heavy atom. The van der Waals surface area contributed by atoms with Crippen molar-refractivity contribution >= 4 is 11.6 Å². The number of anilines is 2. The van der Waals surface area contributed by atoms with Crippen LogP contribution in [-0.2, 0) is 0 Å². The average Bonchev–Trinajstić information content (AvgIpc) is 2.74. The van der Waals surface area contributed by atoms with Gasteiger partial charge in [0, 0.05) is 12.1 Å². The van der Waals surface area contributed by atoms with E-state index in [2.05, 4.69) is 27.6 Å². The molecule has 0 bridgehead atoms. The summed E-state index contributed by atoms with van der Waals surface area (Å²) >= 11 is 0. The van der Waals surface area contributed by atoms with E-state index in [1.165, 1.54) is 25.6 Å². The zero-order chi connectivity index (χ0) is 12.3. The van der Waals surface area contributed by atoms with E-state index in [-0.39, 0.29) is 0 Å². The molecule has 0 amide bonds. The minimum absolute atomic E-state index is 0.683. The number of nitrogen functional groups attached to an aromatic ring is 1. The first kappa shape index (κ1) is 12.1. The average molecular weight is 235 g/mol. The predicted octanol–water partition coefficient (Wildman–Crippen LogP) is 1.92. The third kappa shape index (κ3) is 2.85. The number of hydrogen-bond acceptors (Lipinski definition) is 5. The fourth-order valence-corrected chi connectivity index (χ4v) is 2.53. The molecule has 1 aliphatic carbocycles. The molecular weight excluding hydrogens is 214 g/mol. The second-order valence-electron chi connectivity index (χ2n) is 5.01. The summed E-state index contributed by atoms with van der Waals surface area (Å²) in [5.41, 5.74) is 3.55. The van der Waals surface area contributed by atoms with E-state index in [4.69, 9.17) is 5.84 Å². The van der Waals surface area contributed by atoms with Gasteiger partial charge in [0.1, 0.15) is 18.0 Å². The van der Waals surface area contributed by atoms with Gasteiger partial charge in [-0.2, -0.15) is 0 Å². The Morgan fingerprint density at radius 3 is 2.76 bits per heavy atom. The van der Waals surface area contributed by atoms with Crippen LogP contribution in [0.5, 0.6) is 0 Å². The summed E-state index contributed by atoms with van der Waals surface area (Å²) in [5.74, 6) is 8.59. The highest BCUT2D eigenvalue weighted by Gasteiger charge is 2.21. The minimum Gasteiger partial charge on any atom is -0.369 e. The number of hydrogen-bond donors (Lipinski definition) is 3. The number of nitrogens with two attached hydrogens (primary N) is 1. The van der Waals surface area contributed by atoms with Crippen molar-refractivity contribution in [1.82, 2.24) is 9.97 Å². The molecular formula is C12H21N5.